The van der Waals surface area contributed by atoms with Gasteiger partial charge in [0.15, 0.2) is 0 Å². The Hall–Kier alpha value is -0.180. The summed E-state index contributed by atoms with van der Waals surface area (Å²) in [5.41, 5.74) is 0. The first-order chi connectivity index (χ1) is 6.61. The number of halogens is 1. The number of hydrogen-bond donors (Lipinski definition) is 2. The number of carbonyl (C=O) groups excluding carboxylic acids is 1. The molecule has 0 aliphatic carbocycles. The molecule has 0 spiro atoms. The van der Waals surface area contributed by atoms with Crippen LogP contribution in [0.1, 0.15) is 26.7 Å². The van der Waals surface area contributed by atoms with Gasteiger partial charge in [0.05, 0.1) is 5.88 Å². The first-order valence-electron chi connectivity index (χ1n) is 4.38. The van der Waals surface area contributed by atoms with Gasteiger partial charge >= 0.3 is 5.97 Å². The molecule has 4 nitrogen and oxygen atoms in total. The van der Waals surface area contributed by atoms with Crippen molar-refractivity contribution in [2.24, 2.45) is 0 Å². The number of carboxylic acids is 1. The van der Waals surface area contributed by atoms with Gasteiger partial charge < -0.3 is 5.11 Å². The van der Waals surface area contributed by atoms with Gasteiger partial charge in [-0.05, 0) is 6.42 Å². The average molecular weight is 242 g/mol. The number of ketones is 1. The molecule has 0 aromatic carbocycles. The summed E-state index contributed by atoms with van der Waals surface area (Å²) in [5.74, 6) is -1.15. The normalized spacial score (nSPS) is 11.1. The third kappa shape index (κ3) is 8.42. The van der Waals surface area contributed by atoms with Crippen LogP contribution in [0.2, 0.25) is 0 Å². The molecule has 0 rings (SSSR count). The molecule has 2 atom stereocenters. The van der Waals surface area contributed by atoms with E-state index in [0.717, 1.165) is 0 Å². The second-order valence-corrected chi connectivity index (χ2v) is 2.87. The van der Waals surface area contributed by atoms with Crippen LogP contribution in [-0.2, 0) is 9.59 Å². The van der Waals surface area contributed by atoms with Crippen LogP contribution in [0.3, 0.4) is 0 Å². The zero-order chi connectivity index (χ0) is 11.6. The fourth-order valence-electron chi connectivity index (χ4n) is 0.650. The summed E-state index contributed by atoms with van der Waals surface area (Å²) in [5, 5.41) is 11.0. The van der Waals surface area contributed by atoms with Crippen molar-refractivity contribution >= 4 is 32.7 Å². The third-order valence-corrected chi connectivity index (χ3v) is 2.06. The molecule has 0 bridgehead atoms. The van der Waals surface area contributed by atoms with Crippen LogP contribution in [-0.4, -0.2) is 28.8 Å². The van der Waals surface area contributed by atoms with E-state index < -0.39 is 12.0 Å². The average Bonchev–Trinajstić information content (AvgIpc) is 2.21. The number of carbonyl (C=O) groups is 2. The highest BCUT2D eigenvalue weighted by Crippen LogP contribution is 2.01. The smallest absolute Gasteiger partial charge is 0.320 e. The molecule has 6 heteroatoms. The lowest BCUT2D eigenvalue weighted by Crippen LogP contribution is -2.30. The van der Waals surface area contributed by atoms with Crippen molar-refractivity contribution in [3.8, 4) is 0 Å². The van der Waals surface area contributed by atoms with E-state index in [0.29, 0.717) is 0 Å². The van der Waals surface area contributed by atoms with Crippen molar-refractivity contribution in [1.82, 2.24) is 5.09 Å². The Balaban J connectivity index is 0. The van der Waals surface area contributed by atoms with Gasteiger partial charge in [0.2, 0.25) is 0 Å². The van der Waals surface area contributed by atoms with Crippen LogP contribution in [0.5, 0.6) is 0 Å². The Morgan fingerprint density at radius 1 is 1.50 bits per heavy atom. The van der Waals surface area contributed by atoms with E-state index in [1.54, 1.807) is 0 Å². The van der Waals surface area contributed by atoms with Crippen molar-refractivity contribution in [3.63, 3.8) is 0 Å². The van der Waals surface area contributed by atoms with Crippen LogP contribution < -0.4 is 5.09 Å². The van der Waals surface area contributed by atoms with Gasteiger partial charge in [-0.15, -0.1) is 11.6 Å². The van der Waals surface area contributed by atoms with E-state index in [1.807, 2.05) is 13.8 Å². The number of Topliss-reactive ketones (excluding diaryl/α,β-unsaturated/α-hetero) is 1. The highest BCUT2D eigenvalue weighted by molar-refractivity contribution is 7.13. The first kappa shape index (κ1) is 16.3. The fourth-order valence-corrected chi connectivity index (χ4v) is 1.09. The summed E-state index contributed by atoms with van der Waals surface area (Å²) in [7, 11) is 2.11. The van der Waals surface area contributed by atoms with E-state index in [4.69, 9.17) is 16.7 Å². The lowest BCUT2D eigenvalue weighted by molar-refractivity contribution is -0.139. The molecule has 0 amide bonds. The molecule has 0 saturated carbocycles. The maximum Gasteiger partial charge on any atom is 0.320 e. The topological polar surface area (TPSA) is 66.4 Å². The highest BCUT2D eigenvalue weighted by Gasteiger charge is 2.15. The molecule has 0 aromatic rings. The number of carboxylic acid groups (broad SMARTS) is 1. The number of alkyl halides is 1. The molecule has 14 heavy (non-hydrogen) atoms. The summed E-state index contributed by atoms with van der Waals surface area (Å²) < 4.78 is 0. The monoisotopic (exact) mass is 241 g/mol. The molecule has 0 aromatic heterocycles. The van der Waals surface area contributed by atoms with Gasteiger partial charge in [0, 0.05) is 6.42 Å². The minimum absolute atomic E-state index is 0.0524. The Labute approximate surface area is 91.7 Å². The molecular formula is C8H17ClNO3P. The molecule has 0 aliphatic rings. The second kappa shape index (κ2) is 10.9. The van der Waals surface area contributed by atoms with Crippen molar-refractivity contribution in [2.75, 3.05) is 5.88 Å². The van der Waals surface area contributed by atoms with Crippen LogP contribution in [0.25, 0.3) is 0 Å². The van der Waals surface area contributed by atoms with Gasteiger partial charge in [0.25, 0.3) is 0 Å². The Morgan fingerprint density at radius 2 is 2.00 bits per heavy atom. The minimum Gasteiger partial charge on any atom is -0.480 e. The number of nitrogens with one attached hydrogen (secondary N) is 1. The summed E-state index contributed by atoms with van der Waals surface area (Å²) in [6.07, 6.45) is 0.465. The zero-order valence-electron chi connectivity index (χ0n) is 8.42. The molecule has 0 aliphatic heterocycles. The van der Waals surface area contributed by atoms with Crippen molar-refractivity contribution in [3.05, 3.63) is 0 Å². The molecule has 0 fully saturated rings. The van der Waals surface area contributed by atoms with Crippen LogP contribution in [0.4, 0.5) is 0 Å². The molecule has 0 heterocycles. The molecule has 2 N–H and O–H groups in total. The lowest BCUT2D eigenvalue weighted by atomic mass is 10.1. The SMILES string of the molecule is CC.O=C(CCl)CCC(NP)C(=O)O. The van der Waals surface area contributed by atoms with Crippen molar-refractivity contribution < 1.29 is 14.7 Å². The van der Waals surface area contributed by atoms with E-state index >= 15 is 0 Å². The summed E-state index contributed by atoms with van der Waals surface area (Å²) >= 11 is 5.24. The number of rotatable bonds is 6. The second-order valence-electron chi connectivity index (χ2n) is 2.27. The van der Waals surface area contributed by atoms with Gasteiger partial charge in [-0.1, -0.05) is 23.2 Å². The van der Waals surface area contributed by atoms with Crippen molar-refractivity contribution in [1.29, 1.82) is 0 Å². The molecule has 0 radical (unpaired) electrons. The third-order valence-electron chi connectivity index (χ3n) is 1.36. The van der Waals surface area contributed by atoms with Gasteiger partial charge in [-0.3, -0.25) is 14.7 Å². The summed E-state index contributed by atoms with van der Waals surface area (Å²) in [6, 6.07) is -0.692. The van der Waals surface area contributed by atoms with Crippen LogP contribution >= 0.6 is 21.0 Å². The maximum atomic E-state index is 10.7. The van der Waals surface area contributed by atoms with E-state index in [2.05, 4.69) is 14.5 Å². The maximum absolute atomic E-state index is 10.7. The van der Waals surface area contributed by atoms with Crippen molar-refractivity contribution in [2.45, 2.75) is 32.7 Å². The van der Waals surface area contributed by atoms with Gasteiger partial charge in [-0.25, -0.2) is 0 Å². The van der Waals surface area contributed by atoms with E-state index in [9.17, 15) is 9.59 Å². The van der Waals surface area contributed by atoms with Gasteiger partial charge in [0.1, 0.15) is 11.8 Å². The molecule has 0 saturated heterocycles. The minimum atomic E-state index is -0.965. The molecule has 2 unspecified atom stereocenters. The number of hydrogen-bond acceptors (Lipinski definition) is 3. The van der Waals surface area contributed by atoms with Crippen LogP contribution in [0, 0.1) is 0 Å². The Morgan fingerprint density at radius 3 is 2.29 bits per heavy atom. The zero-order valence-corrected chi connectivity index (χ0v) is 10.3. The summed E-state index contributed by atoms with van der Waals surface area (Å²) in [6.45, 7) is 4.00. The quantitative estimate of drug-likeness (QED) is 0.545. The van der Waals surface area contributed by atoms with E-state index in [1.165, 1.54) is 0 Å². The predicted molar refractivity (Wildman–Crippen MR) is 60.6 cm³/mol. The van der Waals surface area contributed by atoms with Gasteiger partial charge in [-0.2, -0.15) is 0 Å². The Kier molecular flexibility index (Phi) is 12.7. The fraction of sp³-hybridized carbons (Fsp3) is 0.750. The molecule has 84 valence electrons. The standard InChI is InChI=1S/C6H11ClNO3P.C2H6/c7-3-4(9)1-2-5(8-12)6(10)11;1-2/h5,8H,1-3,12H2,(H,10,11);1-2H3. The summed E-state index contributed by atoms with van der Waals surface area (Å²) in [4.78, 5) is 21.1. The number of aliphatic carboxylic acids is 1. The highest BCUT2D eigenvalue weighted by atomic mass is 35.5. The Bertz CT molecular complexity index is 178. The largest absolute Gasteiger partial charge is 0.480 e. The lowest BCUT2D eigenvalue weighted by Gasteiger charge is -2.08. The predicted octanol–water partition coefficient (Wildman–Crippen LogP) is 1.43. The van der Waals surface area contributed by atoms with E-state index in [-0.39, 0.29) is 24.5 Å². The first-order valence-corrected chi connectivity index (χ1v) is 5.49. The molecular weight excluding hydrogens is 225 g/mol. The van der Waals surface area contributed by atoms with Crippen LogP contribution in [0.15, 0.2) is 0 Å².